The molecule has 2 heterocycles. The predicted octanol–water partition coefficient (Wildman–Crippen LogP) is 5.29. The van der Waals surface area contributed by atoms with E-state index in [0.29, 0.717) is 16.6 Å². The Morgan fingerprint density at radius 1 is 1.15 bits per heavy atom. The Morgan fingerprint density at radius 2 is 1.93 bits per heavy atom. The topological polar surface area (TPSA) is 46.9 Å². The van der Waals surface area contributed by atoms with Gasteiger partial charge < -0.3 is 9.88 Å². The Hall–Kier alpha value is -2.63. The summed E-state index contributed by atoms with van der Waals surface area (Å²) in [5.74, 6) is -0.120. The van der Waals surface area contributed by atoms with E-state index >= 15 is 0 Å². The molecule has 0 saturated carbocycles. The second kappa shape index (κ2) is 7.18. The van der Waals surface area contributed by atoms with Crippen LogP contribution in [0.4, 0.5) is 0 Å². The van der Waals surface area contributed by atoms with Gasteiger partial charge in [-0.3, -0.25) is 4.79 Å². The van der Waals surface area contributed by atoms with Crippen LogP contribution in [0.3, 0.4) is 0 Å². The molecule has 4 nitrogen and oxygen atoms in total. The first-order valence-electron chi connectivity index (χ1n) is 8.60. The third-order valence-corrected chi connectivity index (χ3v) is 5.75. The zero-order valence-corrected chi connectivity index (χ0v) is 16.6. The number of benzene rings is 2. The predicted molar refractivity (Wildman–Crippen MR) is 111 cm³/mol. The van der Waals surface area contributed by atoms with Crippen molar-refractivity contribution >= 4 is 39.1 Å². The van der Waals surface area contributed by atoms with E-state index in [1.807, 2.05) is 24.3 Å². The maximum Gasteiger partial charge on any atom is 0.251 e. The molecule has 0 atom stereocenters. The standard InChI is InChI=1S/C21H18ClN3OS/c1-13-10-16(14(2)25(13)17-6-4-3-5-7-17)12-23-20(26)15-8-9-19-18(11-15)24-21(22)27-19/h3-11H,12H2,1-2H3,(H,23,26). The van der Waals surface area contributed by atoms with Crippen LogP contribution in [0.5, 0.6) is 0 Å². The van der Waals surface area contributed by atoms with Gasteiger partial charge in [-0.05, 0) is 55.8 Å². The van der Waals surface area contributed by atoms with Crippen molar-refractivity contribution in [2.75, 3.05) is 0 Å². The van der Waals surface area contributed by atoms with Crippen molar-refractivity contribution in [3.05, 3.63) is 81.6 Å². The number of carbonyl (C=O) groups is 1. The summed E-state index contributed by atoms with van der Waals surface area (Å²) in [6.07, 6.45) is 0. The maximum atomic E-state index is 12.6. The number of halogens is 1. The maximum absolute atomic E-state index is 12.6. The molecule has 4 rings (SSSR count). The van der Waals surface area contributed by atoms with Gasteiger partial charge in [-0.2, -0.15) is 0 Å². The third-order valence-electron chi connectivity index (χ3n) is 4.61. The molecule has 1 N–H and O–H groups in total. The fourth-order valence-electron chi connectivity index (χ4n) is 3.30. The zero-order valence-electron chi connectivity index (χ0n) is 15.0. The summed E-state index contributed by atoms with van der Waals surface area (Å²) < 4.78 is 3.66. The Labute approximate surface area is 166 Å². The van der Waals surface area contributed by atoms with E-state index in [1.165, 1.54) is 11.3 Å². The highest BCUT2D eigenvalue weighted by Crippen LogP contribution is 2.26. The summed E-state index contributed by atoms with van der Waals surface area (Å²) in [6.45, 7) is 4.62. The van der Waals surface area contributed by atoms with Gasteiger partial charge in [-0.1, -0.05) is 29.8 Å². The van der Waals surface area contributed by atoms with Gasteiger partial charge in [-0.15, -0.1) is 11.3 Å². The summed E-state index contributed by atoms with van der Waals surface area (Å²) in [4.78, 5) is 16.8. The molecule has 0 saturated heterocycles. The molecule has 4 aromatic rings. The van der Waals surface area contributed by atoms with E-state index in [0.717, 1.165) is 32.9 Å². The van der Waals surface area contributed by atoms with E-state index in [-0.39, 0.29) is 5.91 Å². The van der Waals surface area contributed by atoms with Crippen LogP contribution >= 0.6 is 22.9 Å². The zero-order chi connectivity index (χ0) is 19.0. The summed E-state index contributed by atoms with van der Waals surface area (Å²) in [5.41, 5.74) is 5.82. The van der Waals surface area contributed by atoms with Crippen molar-refractivity contribution in [1.82, 2.24) is 14.9 Å². The molecule has 0 fully saturated rings. The second-order valence-electron chi connectivity index (χ2n) is 6.40. The molecule has 0 bridgehead atoms. The van der Waals surface area contributed by atoms with Crippen molar-refractivity contribution in [3.63, 3.8) is 0 Å². The quantitative estimate of drug-likeness (QED) is 0.510. The highest BCUT2D eigenvalue weighted by Gasteiger charge is 2.13. The number of amides is 1. The van der Waals surface area contributed by atoms with E-state index in [1.54, 1.807) is 12.1 Å². The minimum Gasteiger partial charge on any atom is -0.348 e. The van der Waals surface area contributed by atoms with Crippen molar-refractivity contribution in [1.29, 1.82) is 0 Å². The van der Waals surface area contributed by atoms with Gasteiger partial charge in [-0.25, -0.2) is 4.98 Å². The van der Waals surface area contributed by atoms with Gasteiger partial charge in [0.05, 0.1) is 10.2 Å². The van der Waals surface area contributed by atoms with Crippen LogP contribution in [0, 0.1) is 13.8 Å². The molecule has 0 aliphatic rings. The summed E-state index contributed by atoms with van der Waals surface area (Å²) in [7, 11) is 0. The Balaban J connectivity index is 1.53. The van der Waals surface area contributed by atoms with Gasteiger partial charge in [0, 0.05) is 29.2 Å². The molecule has 6 heteroatoms. The SMILES string of the molecule is Cc1cc(CNC(=O)c2ccc3sc(Cl)nc3c2)c(C)n1-c1ccccc1. The van der Waals surface area contributed by atoms with Crippen molar-refractivity contribution in [3.8, 4) is 5.69 Å². The fraction of sp³-hybridized carbons (Fsp3) is 0.143. The Morgan fingerprint density at radius 3 is 2.70 bits per heavy atom. The number of carbonyl (C=O) groups excluding carboxylic acids is 1. The van der Waals surface area contributed by atoms with E-state index in [9.17, 15) is 4.79 Å². The molecule has 2 aromatic heterocycles. The lowest BCUT2D eigenvalue weighted by atomic mass is 10.2. The molecule has 136 valence electrons. The fourth-order valence-corrected chi connectivity index (χ4v) is 4.31. The lowest BCUT2D eigenvalue weighted by Gasteiger charge is -2.10. The molecule has 0 aliphatic carbocycles. The highest BCUT2D eigenvalue weighted by atomic mass is 35.5. The van der Waals surface area contributed by atoms with Crippen LogP contribution < -0.4 is 5.32 Å². The average molecular weight is 396 g/mol. The van der Waals surface area contributed by atoms with Gasteiger partial charge in [0.1, 0.15) is 0 Å². The number of thiazole rings is 1. The number of hydrogen-bond donors (Lipinski definition) is 1. The van der Waals surface area contributed by atoms with Gasteiger partial charge >= 0.3 is 0 Å². The number of nitrogens with zero attached hydrogens (tertiary/aromatic N) is 2. The lowest BCUT2D eigenvalue weighted by Crippen LogP contribution is -2.23. The van der Waals surface area contributed by atoms with Gasteiger partial charge in [0.2, 0.25) is 0 Å². The summed E-state index contributed by atoms with van der Waals surface area (Å²) in [5, 5.41) is 3.01. The summed E-state index contributed by atoms with van der Waals surface area (Å²) >= 11 is 7.35. The van der Waals surface area contributed by atoms with Gasteiger partial charge in [0.25, 0.3) is 5.91 Å². The smallest absolute Gasteiger partial charge is 0.251 e. The normalized spacial score (nSPS) is 11.1. The number of fused-ring (bicyclic) bond motifs is 1. The second-order valence-corrected chi connectivity index (χ2v) is 8.01. The van der Waals surface area contributed by atoms with Crippen molar-refractivity contribution in [2.45, 2.75) is 20.4 Å². The first kappa shape index (κ1) is 17.8. The number of aromatic nitrogens is 2. The first-order chi connectivity index (χ1) is 13.0. The highest BCUT2D eigenvalue weighted by molar-refractivity contribution is 7.22. The number of hydrogen-bond acceptors (Lipinski definition) is 3. The molecule has 0 aliphatic heterocycles. The van der Waals surface area contributed by atoms with Crippen LogP contribution in [0.15, 0.2) is 54.6 Å². The largest absolute Gasteiger partial charge is 0.348 e. The molecule has 0 spiro atoms. The van der Waals surface area contributed by atoms with E-state index < -0.39 is 0 Å². The molecule has 1 amide bonds. The van der Waals surface area contributed by atoms with Crippen LogP contribution in [0.1, 0.15) is 27.3 Å². The molecule has 2 aromatic carbocycles. The lowest BCUT2D eigenvalue weighted by molar-refractivity contribution is 0.0951. The van der Waals surface area contributed by atoms with Crippen LogP contribution in [-0.2, 0) is 6.54 Å². The average Bonchev–Trinajstić information content (AvgIpc) is 3.17. The molecular formula is C21H18ClN3OS. The first-order valence-corrected chi connectivity index (χ1v) is 9.80. The van der Waals surface area contributed by atoms with Crippen molar-refractivity contribution < 1.29 is 4.79 Å². The minimum atomic E-state index is -0.120. The number of rotatable bonds is 4. The number of para-hydroxylation sites is 1. The molecule has 0 unspecified atom stereocenters. The Bertz CT molecular complexity index is 1130. The van der Waals surface area contributed by atoms with Crippen molar-refractivity contribution in [2.24, 2.45) is 0 Å². The molecule has 27 heavy (non-hydrogen) atoms. The van der Waals surface area contributed by atoms with Crippen LogP contribution in [0.25, 0.3) is 15.9 Å². The van der Waals surface area contributed by atoms with Gasteiger partial charge in [0.15, 0.2) is 4.47 Å². The third kappa shape index (κ3) is 3.48. The van der Waals surface area contributed by atoms with Crippen LogP contribution in [-0.4, -0.2) is 15.5 Å². The number of nitrogens with one attached hydrogen (secondary N) is 1. The monoisotopic (exact) mass is 395 g/mol. The molecule has 0 radical (unpaired) electrons. The Kier molecular flexibility index (Phi) is 4.72. The number of aryl methyl sites for hydroxylation is 1. The van der Waals surface area contributed by atoms with Crippen LogP contribution in [0.2, 0.25) is 4.47 Å². The van der Waals surface area contributed by atoms with E-state index in [2.05, 4.69) is 46.9 Å². The molecular weight excluding hydrogens is 378 g/mol. The summed E-state index contributed by atoms with van der Waals surface area (Å²) in [6, 6.07) is 17.8. The van der Waals surface area contributed by atoms with E-state index in [4.69, 9.17) is 11.6 Å². The minimum absolute atomic E-state index is 0.120.